The lowest BCUT2D eigenvalue weighted by Crippen LogP contribution is -2.48. The van der Waals surface area contributed by atoms with E-state index in [1.807, 2.05) is 12.1 Å². The first-order valence-electron chi connectivity index (χ1n) is 6.40. The van der Waals surface area contributed by atoms with Crippen LogP contribution in [0.3, 0.4) is 0 Å². The number of halogens is 1. The Morgan fingerprint density at radius 2 is 2.17 bits per heavy atom. The number of benzene rings is 1. The summed E-state index contributed by atoms with van der Waals surface area (Å²) < 4.78 is 0. The molecule has 4 heteroatoms. The van der Waals surface area contributed by atoms with Crippen molar-refractivity contribution in [2.24, 2.45) is 0 Å². The Morgan fingerprint density at radius 3 is 2.78 bits per heavy atom. The van der Waals surface area contributed by atoms with Crippen LogP contribution in [0.25, 0.3) is 0 Å². The van der Waals surface area contributed by atoms with E-state index in [-0.39, 0.29) is 5.91 Å². The minimum atomic E-state index is 0.165. The van der Waals surface area contributed by atoms with Crippen LogP contribution in [0, 0.1) is 0 Å². The van der Waals surface area contributed by atoms with Crippen LogP contribution in [-0.4, -0.2) is 24.5 Å². The fourth-order valence-electron chi connectivity index (χ4n) is 2.31. The van der Waals surface area contributed by atoms with Crippen molar-refractivity contribution in [2.75, 3.05) is 6.54 Å². The van der Waals surface area contributed by atoms with Gasteiger partial charge >= 0.3 is 0 Å². The summed E-state index contributed by atoms with van der Waals surface area (Å²) >= 11 is 5.86. The fraction of sp³-hybridized carbons (Fsp3) is 0.500. The van der Waals surface area contributed by atoms with Crippen LogP contribution in [-0.2, 0) is 11.2 Å². The largest absolute Gasteiger partial charge is 0.355 e. The second-order valence-corrected chi connectivity index (χ2v) is 5.37. The Labute approximate surface area is 113 Å². The number of hydrogen-bond acceptors (Lipinski definition) is 2. The summed E-state index contributed by atoms with van der Waals surface area (Å²) in [5.41, 5.74) is 1.28. The molecule has 3 nitrogen and oxygen atoms in total. The monoisotopic (exact) mass is 266 g/mol. The fourth-order valence-corrected chi connectivity index (χ4v) is 2.44. The summed E-state index contributed by atoms with van der Waals surface area (Å²) in [7, 11) is 0. The van der Waals surface area contributed by atoms with Gasteiger partial charge in [-0.3, -0.25) is 4.79 Å². The Kier molecular flexibility index (Phi) is 4.61. The molecule has 2 rings (SSSR count). The first kappa shape index (κ1) is 13.4. The highest BCUT2D eigenvalue weighted by Gasteiger charge is 2.19. The average Bonchev–Trinajstić information content (AvgIpc) is 2.35. The van der Waals surface area contributed by atoms with E-state index in [1.165, 1.54) is 5.56 Å². The number of rotatable bonds is 4. The molecule has 1 aliphatic heterocycles. The molecule has 1 amide bonds. The summed E-state index contributed by atoms with van der Waals surface area (Å²) in [6.45, 7) is 2.91. The summed E-state index contributed by atoms with van der Waals surface area (Å²) in [5, 5.41) is 7.22. The van der Waals surface area contributed by atoms with E-state index >= 15 is 0 Å². The molecule has 1 saturated heterocycles. The second kappa shape index (κ2) is 6.21. The average molecular weight is 267 g/mol. The Balaban J connectivity index is 1.79. The Bertz CT molecular complexity index is 395. The van der Waals surface area contributed by atoms with Gasteiger partial charge in [0.1, 0.15) is 0 Å². The molecule has 2 N–H and O–H groups in total. The minimum absolute atomic E-state index is 0.165. The molecule has 0 aromatic heterocycles. The molecule has 1 aliphatic rings. The molecule has 1 aromatic rings. The zero-order chi connectivity index (χ0) is 13.0. The second-order valence-electron chi connectivity index (χ2n) is 4.94. The highest BCUT2D eigenvalue weighted by atomic mass is 35.5. The third-order valence-corrected chi connectivity index (χ3v) is 3.49. The third-order valence-electron chi connectivity index (χ3n) is 3.24. The predicted octanol–water partition coefficient (Wildman–Crippen LogP) is 2.14. The van der Waals surface area contributed by atoms with Crippen molar-refractivity contribution in [3.63, 3.8) is 0 Å². The molecule has 1 aromatic carbocycles. The van der Waals surface area contributed by atoms with Crippen LogP contribution < -0.4 is 10.6 Å². The van der Waals surface area contributed by atoms with Gasteiger partial charge < -0.3 is 10.6 Å². The van der Waals surface area contributed by atoms with Crippen molar-refractivity contribution in [3.8, 4) is 0 Å². The van der Waals surface area contributed by atoms with Crippen molar-refractivity contribution in [3.05, 3.63) is 34.9 Å². The van der Waals surface area contributed by atoms with Crippen LogP contribution in [0.5, 0.6) is 0 Å². The van der Waals surface area contributed by atoms with Gasteiger partial charge in [0.25, 0.3) is 0 Å². The van der Waals surface area contributed by atoms with E-state index in [2.05, 4.69) is 29.7 Å². The topological polar surface area (TPSA) is 41.1 Å². The quantitative estimate of drug-likeness (QED) is 0.877. The SMILES string of the molecule is CC(Cc1ccc(Cl)cc1)NC1CCC(=O)NC1. The maximum atomic E-state index is 11.1. The van der Waals surface area contributed by atoms with Gasteiger partial charge in [-0.25, -0.2) is 0 Å². The number of piperidine rings is 1. The number of carbonyl (C=O) groups is 1. The van der Waals surface area contributed by atoms with Gasteiger partial charge in [-0.05, 0) is 37.5 Å². The van der Waals surface area contributed by atoms with Gasteiger partial charge in [0, 0.05) is 30.1 Å². The number of nitrogens with one attached hydrogen (secondary N) is 2. The van der Waals surface area contributed by atoms with Crippen molar-refractivity contribution in [1.82, 2.24) is 10.6 Å². The van der Waals surface area contributed by atoms with E-state index in [0.717, 1.165) is 24.4 Å². The molecule has 0 bridgehead atoms. The van der Waals surface area contributed by atoms with Crippen LogP contribution in [0.15, 0.2) is 24.3 Å². The van der Waals surface area contributed by atoms with Crippen molar-refractivity contribution >= 4 is 17.5 Å². The van der Waals surface area contributed by atoms with E-state index in [9.17, 15) is 4.79 Å². The Morgan fingerprint density at radius 1 is 1.44 bits per heavy atom. The maximum Gasteiger partial charge on any atom is 0.220 e. The maximum absolute atomic E-state index is 11.1. The third kappa shape index (κ3) is 4.00. The van der Waals surface area contributed by atoms with Crippen LogP contribution in [0.2, 0.25) is 5.02 Å². The molecular formula is C14H19ClN2O. The summed E-state index contributed by atoms with van der Waals surface area (Å²) in [6.07, 6.45) is 2.53. The first-order chi connectivity index (χ1) is 8.63. The predicted molar refractivity (Wildman–Crippen MR) is 73.8 cm³/mol. The van der Waals surface area contributed by atoms with Gasteiger partial charge in [0.05, 0.1) is 0 Å². The molecule has 0 saturated carbocycles. The molecular weight excluding hydrogens is 248 g/mol. The molecule has 98 valence electrons. The van der Waals surface area contributed by atoms with Crippen LogP contribution in [0.4, 0.5) is 0 Å². The van der Waals surface area contributed by atoms with Gasteiger partial charge in [-0.15, -0.1) is 0 Å². The summed E-state index contributed by atoms with van der Waals surface area (Å²) in [4.78, 5) is 11.1. The lowest BCUT2D eigenvalue weighted by atomic mass is 10.0. The smallest absolute Gasteiger partial charge is 0.220 e. The zero-order valence-corrected chi connectivity index (χ0v) is 11.3. The van der Waals surface area contributed by atoms with Crippen molar-refractivity contribution < 1.29 is 4.79 Å². The van der Waals surface area contributed by atoms with Gasteiger partial charge in [0.15, 0.2) is 0 Å². The van der Waals surface area contributed by atoms with Gasteiger partial charge in [-0.2, -0.15) is 0 Å². The van der Waals surface area contributed by atoms with Crippen molar-refractivity contribution in [2.45, 2.75) is 38.3 Å². The van der Waals surface area contributed by atoms with Gasteiger partial charge in [-0.1, -0.05) is 23.7 Å². The normalized spacial score (nSPS) is 21.4. The van der Waals surface area contributed by atoms with Crippen LogP contribution in [0.1, 0.15) is 25.3 Å². The van der Waals surface area contributed by atoms with E-state index in [1.54, 1.807) is 0 Å². The number of amides is 1. The standard InChI is InChI=1S/C14H19ClN2O/c1-10(8-11-2-4-12(15)5-3-11)17-13-6-7-14(18)16-9-13/h2-5,10,13,17H,6-9H2,1H3,(H,16,18). The first-order valence-corrected chi connectivity index (χ1v) is 6.78. The Hall–Kier alpha value is -1.06. The molecule has 1 fully saturated rings. The van der Waals surface area contributed by atoms with Crippen LogP contribution >= 0.6 is 11.6 Å². The van der Waals surface area contributed by atoms with E-state index in [0.29, 0.717) is 18.5 Å². The molecule has 2 atom stereocenters. The van der Waals surface area contributed by atoms with E-state index in [4.69, 9.17) is 11.6 Å². The number of carbonyl (C=O) groups excluding carboxylic acids is 1. The van der Waals surface area contributed by atoms with Gasteiger partial charge in [0.2, 0.25) is 5.91 Å². The molecule has 0 aliphatic carbocycles. The summed E-state index contributed by atoms with van der Waals surface area (Å²) in [6, 6.07) is 8.75. The van der Waals surface area contributed by atoms with Crippen molar-refractivity contribution in [1.29, 1.82) is 0 Å². The zero-order valence-electron chi connectivity index (χ0n) is 10.6. The molecule has 18 heavy (non-hydrogen) atoms. The van der Waals surface area contributed by atoms with E-state index < -0.39 is 0 Å². The highest BCUT2D eigenvalue weighted by molar-refractivity contribution is 6.30. The minimum Gasteiger partial charge on any atom is -0.355 e. The molecule has 0 radical (unpaired) electrons. The highest BCUT2D eigenvalue weighted by Crippen LogP contribution is 2.12. The lowest BCUT2D eigenvalue weighted by molar-refractivity contribution is -0.122. The number of hydrogen-bond donors (Lipinski definition) is 2. The molecule has 2 unspecified atom stereocenters. The lowest BCUT2D eigenvalue weighted by Gasteiger charge is -2.27. The molecule has 0 spiro atoms. The molecule has 1 heterocycles. The summed E-state index contributed by atoms with van der Waals surface area (Å²) in [5.74, 6) is 0.165.